The van der Waals surface area contributed by atoms with Crippen molar-refractivity contribution in [3.63, 3.8) is 0 Å². The third kappa shape index (κ3) is 6.30. The lowest BCUT2D eigenvalue weighted by molar-refractivity contribution is 0.280. The molecule has 1 unspecified atom stereocenters. The highest BCUT2D eigenvalue weighted by Gasteiger charge is 2.17. The monoisotopic (exact) mass is 342 g/mol. The first-order valence-corrected chi connectivity index (χ1v) is 8.70. The molecular weight excluding hydrogens is 315 g/mol. The molecule has 0 aliphatic heterocycles. The highest BCUT2D eigenvalue weighted by atomic mass is 19.1. The van der Waals surface area contributed by atoms with E-state index in [0.29, 0.717) is 12.1 Å². The van der Waals surface area contributed by atoms with Crippen molar-refractivity contribution in [2.45, 2.75) is 45.6 Å². The predicted octanol–water partition coefficient (Wildman–Crippen LogP) is 4.48. The molecule has 25 heavy (non-hydrogen) atoms. The summed E-state index contributed by atoms with van der Waals surface area (Å²) >= 11 is 0. The summed E-state index contributed by atoms with van der Waals surface area (Å²) in [4.78, 5) is 0. The Morgan fingerprint density at radius 3 is 2.32 bits per heavy atom. The van der Waals surface area contributed by atoms with E-state index in [1.54, 1.807) is 24.3 Å². The number of aliphatic hydroxyl groups is 1. The summed E-state index contributed by atoms with van der Waals surface area (Å²) in [7, 11) is 0. The zero-order valence-corrected chi connectivity index (χ0v) is 15.0. The molecule has 0 aromatic heterocycles. The molecule has 2 rings (SSSR count). The predicted molar refractivity (Wildman–Crippen MR) is 99.6 cm³/mol. The zero-order chi connectivity index (χ0) is 18.7. The van der Waals surface area contributed by atoms with Crippen LogP contribution in [0.3, 0.4) is 0 Å². The number of nitriles is 1. The van der Waals surface area contributed by atoms with Gasteiger partial charge in [0.25, 0.3) is 0 Å². The Labute approximate surface area is 149 Å². The molecule has 0 amide bonds. The fourth-order valence-electron chi connectivity index (χ4n) is 2.67. The first kappa shape index (κ1) is 20.8. The number of benzene rings is 2. The minimum Gasteiger partial charge on any atom is -0.392 e. The van der Waals surface area contributed by atoms with E-state index in [0.717, 1.165) is 29.5 Å². The number of nitrogens with zero attached hydrogens (tertiary/aromatic N) is 1. The number of nitrogens with two attached hydrogens (primary N) is 1. The molecule has 0 radical (unpaired) electrons. The second kappa shape index (κ2) is 11.4. The van der Waals surface area contributed by atoms with Gasteiger partial charge in [-0.3, -0.25) is 0 Å². The Bertz CT molecular complexity index is 677. The fourth-order valence-corrected chi connectivity index (χ4v) is 2.67. The van der Waals surface area contributed by atoms with Crippen LogP contribution in [0.4, 0.5) is 4.39 Å². The van der Waals surface area contributed by atoms with E-state index in [1.165, 1.54) is 18.6 Å². The van der Waals surface area contributed by atoms with Gasteiger partial charge in [-0.1, -0.05) is 38.5 Å². The van der Waals surface area contributed by atoms with Crippen molar-refractivity contribution in [1.82, 2.24) is 0 Å². The van der Waals surface area contributed by atoms with Gasteiger partial charge in [0.15, 0.2) is 0 Å². The quantitative estimate of drug-likeness (QED) is 0.813. The van der Waals surface area contributed by atoms with Gasteiger partial charge in [0.05, 0.1) is 18.2 Å². The summed E-state index contributed by atoms with van der Waals surface area (Å²) in [5, 5.41) is 18.6. The Balaban J connectivity index is 0.000000970. The molecule has 0 aliphatic rings. The molecule has 0 heterocycles. The average Bonchev–Trinajstić information content (AvgIpc) is 2.64. The maximum absolute atomic E-state index is 13.2. The Kier molecular flexibility index (Phi) is 9.46. The minimum atomic E-state index is -0.275. The van der Waals surface area contributed by atoms with Gasteiger partial charge in [0, 0.05) is 5.92 Å². The first-order valence-electron chi connectivity index (χ1n) is 8.70. The molecule has 0 saturated heterocycles. The molecule has 4 heteroatoms. The molecule has 3 nitrogen and oxygen atoms in total. The van der Waals surface area contributed by atoms with Gasteiger partial charge in [0.1, 0.15) is 5.82 Å². The maximum atomic E-state index is 13.2. The highest BCUT2D eigenvalue weighted by Crippen LogP contribution is 2.32. The van der Waals surface area contributed by atoms with Gasteiger partial charge in [-0.15, -0.1) is 0 Å². The molecule has 0 bridgehead atoms. The van der Waals surface area contributed by atoms with Gasteiger partial charge in [-0.25, -0.2) is 4.39 Å². The largest absolute Gasteiger partial charge is 0.392 e. The van der Waals surface area contributed by atoms with Crippen molar-refractivity contribution in [1.29, 1.82) is 5.26 Å². The topological polar surface area (TPSA) is 70.0 Å². The van der Waals surface area contributed by atoms with E-state index in [9.17, 15) is 9.50 Å². The molecular formula is C21H27FN2O. The number of rotatable bonds is 6. The van der Waals surface area contributed by atoms with E-state index in [1.807, 2.05) is 6.07 Å². The smallest absolute Gasteiger partial charge is 0.123 e. The van der Waals surface area contributed by atoms with Crippen molar-refractivity contribution >= 4 is 0 Å². The van der Waals surface area contributed by atoms with Crippen LogP contribution >= 0.6 is 0 Å². The Morgan fingerprint density at radius 2 is 1.80 bits per heavy atom. The molecule has 1 atom stereocenters. The number of hydrogen-bond donors (Lipinski definition) is 2. The van der Waals surface area contributed by atoms with Crippen LogP contribution < -0.4 is 5.73 Å². The SMILES string of the molecule is CCC.N#Cc1ccc(C(CCCN)c2ccc(F)cc2)c(CO)c1. The Hall–Kier alpha value is -2.22. The lowest BCUT2D eigenvalue weighted by Gasteiger charge is -2.21. The summed E-state index contributed by atoms with van der Waals surface area (Å²) in [6, 6.07) is 13.8. The second-order valence-electron chi connectivity index (χ2n) is 5.93. The number of hydrogen-bond acceptors (Lipinski definition) is 3. The minimum absolute atomic E-state index is 0.0269. The molecule has 0 spiro atoms. The zero-order valence-electron chi connectivity index (χ0n) is 15.0. The normalized spacial score (nSPS) is 11.2. The van der Waals surface area contributed by atoms with Gasteiger partial charge >= 0.3 is 0 Å². The van der Waals surface area contributed by atoms with Crippen LogP contribution in [0.1, 0.15) is 61.3 Å². The van der Waals surface area contributed by atoms with Crippen LogP contribution in [0.5, 0.6) is 0 Å². The van der Waals surface area contributed by atoms with Gasteiger partial charge in [0.2, 0.25) is 0 Å². The summed E-state index contributed by atoms with van der Waals surface area (Å²) in [6.45, 7) is 4.69. The van der Waals surface area contributed by atoms with Crippen LogP contribution in [0.15, 0.2) is 42.5 Å². The van der Waals surface area contributed by atoms with E-state index < -0.39 is 0 Å². The van der Waals surface area contributed by atoms with E-state index >= 15 is 0 Å². The van der Waals surface area contributed by atoms with Gasteiger partial charge in [-0.05, 0) is 60.3 Å². The molecule has 3 N–H and O–H groups in total. The standard InChI is InChI=1S/C18H19FN2O.C3H8/c19-16-6-4-14(5-7-16)17(2-1-9-20)18-8-3-13(11-21)10-15(18)12-22;1-3-2/h3-8,10,17,22H,1-2,9,12,20H2;3H2,1-2H3. The van der Waals surface area contributed by atoms with Gasteiger partial charge < -0.3 is 10.8 Å². The average molecular weight is 342 g/mol. The van der Waals surface area contributed by atoms with Crippen molar-refractivity contribution in [3.8, 4) is 6.07 Å². The van der Waals surface area contributed by atoms with Crippen molar-refractivity contribution in [3.05, 3.63) is 70.5 Å². The van der Waals surface area contributed by atoms with Crippen molar-refractivity contribution < 1.29 is 9.50 Å². The molecule has 0 fully saturated rings. The third-order valence-corrected chi connectivity index (χ3v) is 3.79. The fraction of sp³-hybridized carbons (Fsp3) is 0.381. The lowest BCUT2D eigenvalue weighted by atomic mass is 9.84. The van der Waals surface area contributed by atoms with Gasteiger partial charge in [-0.2, -0.15) is 5.26 Å². The molecule has 2 aromatic rings. The number of halogens is 1. The molecule has 134 valence electrons. The van der Waals surface area contributed by atoms with E-state index in [4.69, 9.17) is 11.0 Å². The summed E-state index contributed by atoms with van der Waals surface area (Å²) in [5.74, 6) is -0.248. The Morgan fingerprint density at radius 1 is 1.16 bits per heavy atom. The van der Waals surface area contributed by atoms with Crippen LogP contribution in [-0.2, 0) is 6.61 Å². The summed E-state index contributed by atoms with van der Waals surface area (Å²) < 4.78 is 13.2. The van der Waals surface area contributed by atoms with Crippen molar-refractivity contribution in [2.24, 2.45) is 5.73 Å². The molecule has 0 saturated carbocycles. The van der Waals surface area contributed by atoms with Crippen LogP contribution in [0, 0.1) is 17.1 Å². The van der Waals surface area contributed by atoms with Crippen LogP contribution in [-0.4, -0.2) is 11.7 Å². The highest BCUT2D eigenvalue weighted by molar-refractivity contribution is 5.43. The first-order chi connectivity index (χ1) is 12.1. The summed E-state index contributed by atoms with van der Waals surface area (Å²) in [5.41, 5.74) is 8.81. The van der Waals surface area contributed by atoms with Crippen LogP contribution in [0.25, 0.3) is 0 Å². The third-order valence-electron chi connectivity index (χ3n) is 3.79. The van der Waals surface area contributed by atoms with Crippen LogP contribution in [0.2, 0.25) is 0 Å². The van der Waals surface area contributed by atoms with Crippen molar-refractivity contribution in [2.75, 3.05) is 6.54 Å². The van der Waals surface area contributed by atoms with E-state index in [-0.39, 0.29) is 18.3 Å². The summed E-state index contributed by atoms with van der Waals surface area (Å²) in [6.07, 6.45) is 2.88. The number of aliphatic hydroxyl groups excluding tert-OH is 1. The second-order valence-corrected chi connectivity index (χ2v) is 5.93. The maximum Gasteiger partial charge on any atom is 0.123 e. The molecule has 2 aromatic carbocycles. The van der Waals surface area contributed by atoms with E-state index in [2.05, 4.69) is 19.9 Å². The molecule has 0 aliphatic carbocycles. The lowest BCUT2D eigenvalue weighted by Crippen LogP contribution is -2.09.